The van der Waals surface area contributed by atoms with Gasteiger partial charge in [0.1, 0.15) is 5.75 Å². The Kier molecular flexibility index (Phi) is 5.66. The van der Waals surface area contributed by atoms with Crippen LogP contribution < -0.4 is 10.1 Å². The maximum absolute atomic E-state index is 12.3. The number of ether oxygens (including phenoxy) is 1. The molecule has 1 saturated carbocycles. The third-order valence-electron chi connectivity index (χ3n) is 4.43. The first-order valence-corrected chi connectivity index (χ1v) is 8.11. The number of carbonyl (C=O) groups is 1. The van der Waals surface area contributed by atoms with E-state index < -0.39 is 6.10 Å². The number of hydrogen-bond acceptors (Lipinski definition) is 2. The van der Waals surface area contributed by atoms with Gasteiger partial charge in [0, 0.05) is 6.04 Å². The molecule has 0 radical (unpaired) electrons. The summed E-state index contributed by atoms with van der Waals surface area (Å²) in [5.41, 5.74) is 2.29. The molecule has 116 valence electrons. The lowest BCUT2D eigenvalue weighted by atomic mass is 10.1. The fourth-order valence-electron chi connectivity index (χ4n) is 2.84. The molecular weight excluding hydrogens is 262 g/mol. The van der Waals surface area contributed by atoms with E-state index in [0.29, 0.717) is 6.04 Å². The molecule has 1 aromatic rings. The number of benzene rings is 1. The van der Waals surface area contributed by atoms with Crippen molar-refractivity contribution in [1.82, 2.24) is 5.32 Å². The summed E-state index contributed by atoms with van der Waals surface area (Å²) < 4.78 is 5.85. The van der Waals surface area contributed by atoms with E-state index >= 15 is 0 Å². The van der Waals surface area contributed by atoms with Gasteiger partial charge in [-0.3, -0.25) is 4.79 Å². The van der Waals surface area contributed by atoms with Crippen molar-refractivity contribution in [3.8, 4) is 5.75 Å². The third-order valence-corrected chi connectivity index (χ3v) is 4.43. The van der Waals surface area contributed by atoms with E-state index in [1.54, 1.807) is 0 Å². The Morgan fingerprint density at radius 1 is 1.19 bits per heavy atom. The number of hydrogen-bond donors (Lipinski definition) is 1. The Labute approximate surface area is 128 Å². The van der Waals surface area contributed by atoms with Gasteiger partial charge in [0.15, 0.2) is 6.10 Å². The van der Waals surface area contributed by atoms with Crippen molar-refractivity contribution in [2.45, 2.75) is 71.4 Å². The molecule has 0 bridgehead atoms. The van der Waals surface area contributed by atoms with E-state index in [1.807, 2.05) is 26.0 Å². The van der Waals surface area contributed by atoms with Crippen LogP contribution in [0.1, 0.15) is 56.6 Å². The second-order valence-corrected chi connectivity index (χ2v) is 6.16. The molecule has 1 aliphatic carbocycles. The standard InChI is InChI=1S/C18H27NO2/c1-13-9-8-12-17(14(13)2)21-15(3)18(20)19-16-10-6-4-5-7-11-16/h8-9,12,15-16H,4-7,10-11H2,1-3H3,(H,19,20). The molecule has 0 spiro atoms. The van der Waals surface area contributed by atoms with Gasteiger partial charge in [0.05, 0.1) is 0 Å². The predicted molar refractivity (Wildman–Crippen MR) is 85.6 cm³/mol. The van der Waals surface area contributed by atoms with Crippen molar-refractivity contribution in [2.75, 3.05) is 0 Å². The average molecular weight is 289 g/mol. The second-order valence-electron chi connectivity index (χ2n) is 6.16. The molecule has 1 atom stereocenters. The van der Waals surface area contributed by atoms with Crippen LogP contribution in [0.4, 0.5) is 0 Å². The van der Waals surface area contributed by atoms with E-state index in [2.05, 4.69) is 18.3 Å². The summed E-state index contributed by atoms with van der Waals surface area (Å²) in [7, 11) is 0. The van der Waals surface area contributed by atoms with Gasteiger partial charge in [0.25, 0.3) is 5.91 Å². The fourth-order valence-corrected chi connectivity index (χ4v) is 2.84. The zero-order valence-corrected chi connectivity index (χ0v) is 13.4. The highest BCUT2D eigenvalue weighted by atomic mass is 16.5. The molecule has 3 heteroatoms. The van der Waals surface area contributed by atoms with Crippen molar-refractivity contribution >= 4 is 5.91 Å². The van der Waals surface area contributed by atoms with E-state index in [-0.39, 0.29) is 5.91 Å². The van der Waals surface area contributed by atoms with Gasteiger partial charge in [-0.1, -0.05) is 37.8 Å². The molecule has 0 saturated heterocycles. The Hall–Kier alpha value is -1.51. The van der Waals surface area contributed by atoms with Crippen molar-refractivity contribution in [3.63, 3.8) is 0 Å². The maximum atomic E-state index is 12.3. The molecule has 1 amide bonds. The average Bonchev–Trinajstić information content (AvgIpc) is 2.72. The van der Waals surface area contributed by atoms with E-state index in [9.17, 15) is 4.79 Å². The number of amides is 1. The van der Waals surface area contributed by atoms with Crippen LogP contribution in [0.3, 0.4) is 0 Å². The summed E-state index contributed by atoms with van der Waals surface area (Å²) in [4.78, 5) is 12.3. The highest BCUT2D eigenvalue weighted by molar-refractivity contribution is 5.81. The van der Waals surface area contributed by atoms with Gasteiger partial charge < -0.3 is 10.1 Å². The van der Waals surface area contributed by atoms with Crippen LogP contribution in [-0.4, -0.2) is 18.1 Å². The lowest BCUT2D eigenvalue weighted by Crippen LogP contribution is -2.42. The summed E-state index contributed by atoms with van der Waals surface area (Å²) in [5, 5.41) is 3.15. The number of nitrogens with one attached hydrogen (secondary N) is 1. The molecule has 0 heterocycles. The smallest absolute Gasteiger partial charge is 0.260 e. The van der Waals surface area contributed by atoms with Gasteiger partial charge in [-0.25, -0.2) is 0 Å². The van der Waals surface area contributed by atoms with Crippen molar-refractivity contribution in [2.24, 2.45) is 0 Å². The molecule has 1 aromatic carbocycles. The quantitative estimate of drug-likeness (QED) is 0.853. The highest BCUT2D eigenvalue weighted by Gasteiger charge is 2.20. The second kappa shape index (κ2) is 7.48. The SMILES string of the molecule is Cc1cccc(OC(C)C(=O)NC2CCCCCC2)c1C. The van der Waals surface area contributed by atoms with Crippen LogP contribution >= 0.6 is 0 Å². The van der Waals surface area contributed by atoms with Gasteiger partial charge in [-0.2, -0.15) is 0 Å². The van der Waals surface area contributed by atoms with Crippen LogP contribution in [-0.2, 0) is 4.79 Å². The monoisotopic (exact) mass is 289 g/mol. The van der Waals surface area contributed by atoms with Gasteiger partial charge in [0.2, 0.25) is 0 Å². The predicted octanol–water partition coefficient (Wildman–Crippen LogP) is 3.91. The van der Waals surface area contributed by atoms with E-state index in [4.69, 9.17) is 4.74 Å². The topological polar surface area (TPSA) is 38.3 Å². The molecule has 1 N–H and O–H groups in total. The zero-order chi connectivity index (χ0) is 15.2. The molecule has 0 aliphatic heterocycles. The first-order chi connectivity index (χ1) is 10.1. The zero-order valence-electron chi connectivity index (χ0n) is 13.4. The lowest BCUT2D eigenvalue weighted by molar-refractivity contribution is -0.128. The first-order valence-electron chi connectivity index (χ1n) is 8.11. The van der Waals surface area contributed by atoms with Crippen LogP contribution in [0.15, 0.2) is 18.2 Å². The molecule has 1 fully saturated rings. The largest absolute Gasteiger partial charge is 0.481 e. The lowest BCUT2D eigenvalue weighted by Gasteiger charge is -2.21. The summed E-state index contributed by atoms with van der Waals surface area (Å²) in [6.07, 6.45) is 6.77. The minimum absolute atomic E-state index is 0.00260. The Morgan fingerprint density at radius 2 is 1.86 bits per heavy atom. The number of rotatable bonds is 4. The summed E-state index contributed by atoms with van der Waals surface area (Å²) >= 11 is 0. The molecule has 3 nitrogen and oxygen atoms in total. The Morgan fingerprint density at radius 3 is 2.52 bits per heavy atom. The minimum Gasteiger partial charge on any atom is -0.481 e. The fraction of sp³-hybridized carbons (Fsp3) is 0.611. The normalized spacial score (nSPS) is 17.9. The number of carbonyl (C=O) groups excluding carboxylic acids is 1. The molecule has 2 rings (SSSR count). The van der Waals surface area contributed by atoms with E-state index in [1.165, 1.54) is 31.2 Å². The third kappa shape index (κ3) is 4.48. The van der Waals surface area contributed by atoms with Crippen LogP contribution in [0.2, 0.25) is 0 Å². The van der Waals surface area contributed by atoms with Crippen molar-refractivity contribution in [3.05, 3.63) is 29.3 Å². The summed E-state index contributed by atoms with van der Waals surface area (Å²) in [6, 6.07) is 6.27. The highest BCUT2D eigenvalue weighted by Crippen LogP contribution is 2.22. The van der Waals surface area contributed by atoms with Crippen LogP contribution in [0.25, 0.3) is 0 Å². The maximum Gasteiger partial charge on any atom is 0.260 e. The molecule has 0 aromatic heterocycles. The number of aryl methyl sites for hydroxylation is 1. The molecular formula is C18H27NO2. The van der Waals surface area contributed by atoms with Gasteiger partial charge >= 0.3 is 0 Å². The minimum atomic E-state index is -0.450. The van der Waals surface area contributed by atoms with Gasteiger partial charge in [-0.05, 0) is 50.8 Å². The summed E-state index contributed by atoms with van der Waals surface area (Å²) in [6.45, 7) is 5.91. The van der Waals surface area contributed by atoms with E-state index in [0.717, 1.165) is 24.2 Å². The Balaban J connectivity index is 1.91. The Bertz CT molecular complexity index is 476. The first kappa shape index (κ1) is 15.9. The van der Waals surface area contributed by atoms with Crippen LogP contribution in [0.5, 0.6) is 5.75 Å². The van der Waals surface area contributed by atoms with Crippen molar-refractivity contribution in [1.29, 1.82) is 0 Å². The van der Waals surface area contributed by atoms with Crippen LogP contribution in [0, 0.1) is 13.8 Å². The van der Waals surface area contributed by atoms with Crippen molar-refractivity contribution < 1.29 is 9.53 Å². The summed E-state index contributed by atoms with van der Waals surface area (Å²) in [5.74, 6) is 0.807. The molecule has 1 aliphatic rings. The van der Waals surface area contributed by atoms with Gasteiger partial charge in [-0.15, -0.1) is 0 Å². The molecule has 21 heavy (non-hydrogen) atoms. The molecule has 1 unspecified atom stereocenters.